The molecule has 6 nitrogen and oxygen atoms in total. The molecule has 6 heteroatoms. The number of aromatic amines is 1. The molecule has 96 valence electrons. The molecule has 0 spiro atoms. The highest BCUT2D eigenvalue weighted by atomic mass is 16.4. The molecule has 3 aromatic rings. The van der Waals surface area contributed by atoms with E-state index in [9.17, 15) is 4.79 Å². The minimum Gasteiger partial charge on any atom is -0.478 e. The smallest absolute Gasteiger partial charge is 0.337 e. The topological polar surface area (TPSA) is 92.0 Å². The van der Waals surface area contributed by atoms with E-state index in [1.807, 2.05) is 19.9 Å². The molecule has 3 rings (SSSR count). The third-order valence-corrected chi connectivity index (χ3v) is 2.88. The van der Waals surface area contributed by atoms with Gasteiger partial charge in [-0.05, 0) is 26.0 Å². The number of nitrogens with zero attached hydrogens (tertiary/aromatic N) is 2. The van der Waals surface area contributed by atoms with E-state index in [2.05, 4.69) is 15.0 Å². The van der Waals surface area contributed by atoms with Crippen molar-refractivity contribution in [3.8, 4) is 11.4 Å². The van der Waals surface area contributed by atoms with E-state index in [4.69, 9.17) is 9.52 Å². The minimum absolute atomic E-state index is 0.128. The van der Waals surface area contributed by atoms with Crippen LogP contribution in [0.5, 0.6) is 0 Å². The van der Waals surface area contributed by atoms with Crippen LogP contribution in [0.1, 0.15) is 21.9 Å². The lowest BCUT2D eigenvalue weighted by atomic mass is 10.2. The molecular weight excluding hydrogens is 246 g/mol. The summed E-state index contributed by atoms with van der Waals surface area (Å²) in [7, 11) is 0. The number of H-pyrrole nitrogens is 1. The summed E-state index contributed by atoms with van der Waals surface area (Å²) in [5, 5.41) is 8.93. The first-order chi connectivity index (χ1) is 9.04. The number of aryl methyl sites for hydroxylation is 2. The normalized spacial score (nSPS) is 11.1. The van der Waals surface area contributed by atoms with Crippen LogP contribution < -0.4 is 0 Å². The summed E-state index contributed by atoms with van der Waals surface area (Å²) < 4.78 is 5.45. The molecule has 3 heterocycles. The Hall–Kier alpha value is -2.63. The van der Waals surface area contributed by atoms with Crippen LogP contribution in [0.25, 0.3) is 22.6 Å². The zero-order valence-corrected chi connectivity index (χ0v) is 10.4. The van der Waals surface area contributed by atoms with Crippen molar-refractivity contribution in [1.29, 1.82) is 0 Å². The van der Waals surface area contributed by atoms with E-state index in [0.29, 0.717) is 17.0 Å². The van der Waals surface area contributed by atoms with Crippen molar-refractivity contribution in [2.24, 2.45) is 0 Å². The summed E-state index contributed by atoms with van der Waals surface area (Å²) in [6.07, 6.45) is 1.29. The molecule has 0 aliphatic rings. The second-order valence-corrected chi connectivity index (χ2v) is 4.31. The van der Waals surface area contributed by atoms with Gasteiger partial charge in [-0.3, -0.25) is 0 Å². The van der Waals surface area contributed by atoms with Crippen LogP contribution in [0.4, 0.5) is 0 Å². The summed E-state index contributed by atoms with van der Waals surface area (Å²) >= 11 is 0. The maximum Gasteiger partial charge on any atom is 0.337 e. The van der Waals surface area contributed by atoms with Crippen molar-refractivity contribution in [1.82, 2.24) is 15.0 Å². The molecule has 0 aromatic carbocycles. The summed E-state index contributed by atoms with van der Waals surface area (Å²) in [6.45, 7) is 3.71. The van der Waals surface area contributed by atoms with Crippen molar-refractivity contribution in [2.75, 3.05) is 0 Å². The molecule has 0 saturated heterocycles. The van der Waals surface area contributed by atoms with Gasteiger partial charge in [0.1, 0.15) is 17.3 Å². The molecule has 0 atom stereocenters. The van der Waals surface area contributed by atoms with E-state index < -0.39 is 5.97 Å². The van der Waals surface area contributed by atoms with Crippen molar-refractivity contribution >= 4 is 17.1 Å². The first-order valence-corrected chi connectivity index (χ1v) is 5.71. The molecule has 19 heavy (non-hydrogen) atoms. The predicted molar refractivity (Wildman–Crippen MR) is 68.0 cm³/mol. The fraction of sp³-hybridized carbons (Fsp3) is 0.154. The van der Waals surface area contributed by atoms with Gasteiger partial charge in [0.15, 0.2) is 5.65 Å². The molecule has 2 N–H and O–H groups in total. The second kappa shape index (κ2) is 3.94. The van der Waals surface area contributed by atoms with Crippen LogP contribution in [0.3, 0.4) is 0 Å². The highest BCUT2D eigenvalue weighted by Gasteiger charge is 2.13. The van der Waals surface area contributed by atoms with Gasteiger partial charge in [0.25, 0.3) is 0 Å². The lowest BCUT2D eigenvalue weighted by Crippen LogP contribution is -1.96. The van der Waals surface area contributed by atoms with Gasteiger partial charge >= 0.3 is 5.97 Å². The number of rotatable bonds is 2. The van der Waals surface area contributed by atoms with E-state index >= 15 is 0 Å². The lowest BCUT2D eigenvalue weighted by molar-refractivity contribution is 0.0696. The van der Waals surface area contributed by atoms with E-state index in [-0.39, 0.29) is 5.56 Å². The van der Waals surface area contributed by atoms with Gasteiger partial charge < -0.3 is 14.5 Å². The lowest BCUT2D eigenvalue weighted by Gasteiger charge is -1.92. The third-order valence-electron chi connectivity index (χ3n) is 2.88. The predicted octanol–water partition coefficient (Wildman–Crippen LogP) is 2.53. The number of furan rings is 1. The molecule has 0 fully saturated rings. The van der Waals surface area contributed by atoms with E-state index in [0.717, 1.165) is 17.1 Å². The Bertz CT molecular complexity index is 786. The molecule has 3 aromatic heterocycles. The second-order valence-electron chi connectivity index (χ2n) is 4.31. The number of pyridine rings is 1. The Kier molecular flexibility index (Phi) is 2.38. The van der Waals surface area contributed by atoms with Crippen molar-refractivity contribution in [2.45, 2.75) is 13.8 Å². The number of hydrogen-bond donors (Lipinski definition) is 2. The Labute approximate surface area is 108 Å². The van der Waals surface area contributed by atoms with Gasteiger partial charge in [-0.1, -0.05) is 0 Å². The van der Waals surface area contributed by atoms with Gasteiger partial charge in [0, 0.05) is 6.20 Å². The molecule has 0 saturated carbocycles. The number of carbonyl (C=O) groups is 1. The molecular formula is C13H11N3O3. The highest BCUT2D eigenvalue weighted by molar-refractivity contribution is 5.91. The third kappa shape index (κ3) is 1.87. The van der Waals surface area contributed by atoms with Crippen LogP contribution in [0.15, 0.2) is 22.7 Å². The first-order valence-electron chi connectivity index (χ1n) is 5.71. The van der Waals surface area contributed by atoms with Crippen LogP contribution in [-0.2, 0) is 0 Å². The van der Waals surface area contributed by atoms with Gasteiger partial charge in [-0.15, -0.1) is 0 Å². The molecule has 0 amide bonds. The molecule has 0 unspecified atom stereocenters. The van der Waals surface area contributed by atoms with Gasteiger partial charge in [-0.25, -0.2) is 14.8 Å². The number of hydrogen-bond acceptors (Lipinski definition) is 4. The minimum atomic E-state index is -1.01. The number of aromatic nitrogens is 3. The van der Waals surface area contributed by atoms with Gasteiger partial charge in [0.2, 0.25) is 0 Å². The molecule has 0 radical (unpaired) electrons. The fourth-order valence-corrected chi connectivity index (χ4v) is 2.01. The number of nitrogens with one attached hydrogen (secondary N) is 1. The Morgan fingerprint density at radius 1 is 1.37 bits per heavy atom. The number of aromatic carboxylic acids is 1. The Morgan fingerprint density at radius 2 is 2.16 bits per heavy atom. The van der Waals surface area contributed by atoms with Gasteiger partial charge in [0.05, 0.1) is 16.6 Å². The molecule has 0 aliphatic heterocycles. The van der Waals surface area contributed by atoms with Crippen molar-refractivity contribution in [3.63, 3.8) is 0 Å². The van der Waals surface area contributed by atoms with E-state index in [1.165, 1.54) is 12.3 Å². The first kappa shape index (κ1) is 11.5. The Morgan fingerprint density at radius 3 is 2.79 bits per heavy atom. The summed E-state index contributed by atoms with van der Waals surface area (Å²) in [4.78, 5) is 22.3. The van der Waals surface area contributed by atoms with Crippen LogP contribution in [-0.4, -0.2) is 26.0 Å². The SMILES string of the molecule is Cc1cc(-c2nc3ncc(C(=O)O)cc3[nH]2)c(C)o1. The largest absolute Gasteiger partial charge is 0.478 e. The maximum absolute atomic E-state index is 10.9. The monoisotopic (exact) mass is 257 g/mol. The molecule has 0 bridgehead atoms. The fourth-order valence-electron chi connectivity index (χ4n) is 2.01. The highest BCUT2D eigenvalue weighted by Crippen LogP contribution is 2.25. The van der Waals surface area contributed by atoms with Crippen molar-refractivity contribution < 1.29 is 14.3 Å². The summed E-state index contributed by atoms with van der Waals surface area (Å²) in [5.74, 6) is 1.17. The number of carboxylic acid groups (broad SMARTS) is 1. The average molecular weight is 257 g/mol. The van der Waals surface area contributed by atoms with Crippen LogP contribution in [0.2, 0.25) is 0 Å². The summed E-state index contributed by atoms with van der Waals surface area (Å²) in [6, 6.07) is 3.40. The standard InChI is InChI=1S/C13H11N3O3/c1-6-3-9(7(2)19-6)11-15-10-4-8(13(17)18)5-14-12(10)16-11/h3-5H,1-2H3,(H,17,18)(H,14,15,16). The Balaban J connectivity index is 2.16. The van der Waals surface area contributed by atoms with Crippen LogP contribution in [0, 0.1) is 13.8 Å². The summed E-state index contributed by atoms with van der Waals surface area (Å²) in [5.41, 5.74) is 2.06. The van der Waals surface area contributed by atoms with Crippen LogP contribution >= 0.6 is 0 Å². The quantitative estimate of drug-likeness (QED) is 0.736. The van der Waals surface area contributed by atoms with Crippen molar-refractivity contribution in [3.05, 3.63) is 35.4 Å². The average Bonchev–Trinajstić information content (AvgIpc) is 2.90. The maximum atomic E-state index is 10.9. The van der Waals surface area contributed by atoms with E-state index in [1.54, 1.807) is 0 Å². The number of fused-ring (bicyclic) bond motifs is 1. The zero-order valence-electron chi connectivity index (χ0n) is 10.4. The molecule has 0 aliphatic carbocycles. The zero-order chi connectivity index (χ0) is 13.6. The number of carboxylic acids is 1. The van der Waals surface area contributed by atoms with Gasteiger partial charge in [-0.2, -0.15) is 0 Å². The number of imidazole rings is 1.